The number of nitrogens with one attached hydrogen (secondary N) is 1. The fraction of sp³-hybridized carbons (Fsp3) is 0.915. The molecule has 0 radical (unpaired) electrons. The molecule has 0 aromatic carbocycles. The van der Waals surface area contributed by atoms with E-state index in [4.69, 9.17) is 71.1 Å². The van der Waals surface area contributed by atoms with Gasteiger partial charge in [0.1, 0.15) is 116 Å². The number of aliphatic carboxylic acids is 1. The molecule has 0 spiro atoms. The van der Waals surface area contributed by atoms with Crippen LogP contribution in [-0.2, 0) is 90.2 Å². The first-order chi connectivity index (χ1) is 50.5. The van der Waals surface area contributed by atoms with Crippen molar-refractivity contribution in [1.29, 1.82) is 0 Å². The third-order valence-corrected chi connectivity index (χ3v) is 26.1. The highest BCUT2D eigenvalue weighted by atomic mass is 16.8. The number of ether oxygens (including phenoxy) is 15. The summed E-state index contributed by atoms with van der Waals surface area (Å²) in [5, 5.41) is 179. The zero-order valence-corrected chi connectivity index (χ0v) is 61.5. The molecule has 17 N–H and O–H groups in total. The molecule has 612 valence electrons. The van der Waals surface area contributed by atoms with Crippen molar-refractivity contribution in [2.45, 2.75) is 291 Å². The van der Waals surface area contributed by atoms with Crippen LogP contribution in [0.3, 0.4) is 0 Å². The molecule has 37 atom stereocenters. The molecule has 6 heterocycles. The van der Waals surface area contributed by atoms with Crippen LogP contribution in [-0.4, -0.2) is 350 Å². The number of carbonyl (C=O) groups is 4. The van der Waals surface area contributed by atoms with Crippen molar-refractivity contribution in [3.8, 4) is 0 Å². The third-order valence-electron chi connectivity index (χ3n) is 26.1. The molecule has 36 heteroatoms. The number of hydrogen-bond donors (Lipinski definition) is 17. The fourth-order valence-electron chi connectivity index (χ4n) is 19.7. The van der Waals surface area contributed by atoms with E-state index >= 15 is 4.79 Å². The first kappa shape index (κ1) is 84.6. The molecule has 0 bridgehead atoms. The second-order valence-electron chi connectivity index (χ2n) is 32.9. The molecule has 10 fully saturated rings. The van der Waals surface area contributed by atoms with Crippen molar-refractivity contribution in [3.63, 3.8) is 0 Å². The Hall–Kier alpha value is -3.34. The molecule has 11 aliphatic rings. The molecule has 0 aromatic heterocycles. The summed E-state index contributed by atoms with van der Waals surface area (Å²) in [5.41, 5.74) is -4.86. The number of amides is 1. The number of hydrogen-bond acceptors (Lipinski definition) is 34. The largest absolute Gasteiger partial charge is 0.479 e. The molecule has 5 aliphatic carbocycles. The summed E-state index contributed by atoms with van der Waals surface area (Å²) in [7, 11) is 1.51. The van der Waals surface area contributed by atoms with Gasteiger partial charge < -0.3 is 163 Å². The Kier molecular flexibility index (Phi) is 26.6. The van der Waals surface area contributed by atoms with Crippen molar-refractivity contribution < 1.29 is 172 Å². The zero-order chi connectivity index (χ0) is 77.9. The third kappa shape index (κ3) is 15.9. The molecular weight excluding hydrogens is 1430 g/mol. The predicted octanol–water partition coefficient (Wildman–Crippen LogP) is -5.01. The van der Waals surface area contributed by atoms with Crippen LogP contribution in [0.1, 0.15) is 113 Å². The second kappa shape index (κ2) is 33.6. The van der Waals surface area contributed by atoms with E-state index in [0.717, 1.165) is 11.9 Å². The quantitative estimate of drug-likeness (QED) is 0.0134. The number of allylic oxidation sites excluding steroid dienone is 2. The number of carboxylic acid groups (broad SMARTS) is 1. The maximum absolute atomic E-state index is 16.0. The van der Waals surface area contributed by atoms with Gasteiger partial charge in [0.05, 0.1) is 88.7 Å². The van der Waals surface area contributed by atoms with Crippen LogP contribution >= 0.6 is 0 Å². The summed E-state index contributed by atoms with van der Waals surface area (Å²) in [5.74, 6) is -4.63. The van der Waals surface area contributed by atoms with Crippen LogP contribution in [0.2, 0.25) is 0 Å². The van der Waals surface area contributed by atoms with Crippen molar-refractivity contribution >= 4 is 24.1 Å². The Morgan fingerprint density at radius 3 is 1.83 bits per heavy atom. The highest BCUT2D eigenvalue weighted by Crippen LogP contribution is 2.76. The normalized spacial score (nSPS) is 49.8. The van der Waals surface area contributed by atoms with Crippen LogP contribution in [0.4, 0.5) is 0 Å². The van der Waals surface area contributed by atoms with E-state index in [9.17, 15) is 96.1 Å². The number of carbonyl (C=O) groups excluding carboxylic acids is 3. The standard InChI is InChI=1S/C71H113NO35/c1-30-55(104-60-52(87)46(81)34(77)27-97-60)50(85)54(89)61(98-30)106-57-48(83)44(72-43(79)28-95-20-19-94-18-17-93-8)37(24-73)101-64(57)107-65(92)71-16-15-66(2,3)22-32(71)31-9-10-40-67(4)13-12-42(68(5,29-75)39(67)11-14-69(40,6)70(31,7)23-41(71)78)103-63-56(105-62-53(88)49(84)47(82)38(25-74)102-62)35(21-36(100-63)58(90)91)99-59-51(86)45(80)33(76)26-96-59/h9,29-30,32-42,44-57,59-64,73-74,76-78,80-89H,10-28H2,1-8H3,(H,72,79)(H,90,91)/t30?,32?,33-,34-,35-,36?,37?,38?,39+,40?,41?,42-,44-,45-,46?,47-,48?,49-,50?,51?,52?,53?,54?,55-,56?,57?,59-,60-,61-,62-,63-,64-,67?,68+,69-,70+,71+/m0/s1. The number of aliphatic hydroxyl groups excluding tert-OH is 15. The van der Waals surface area contributed by atoms with E-state index in [0.29, 0.717) is 45.1 Å². The number of methoxy groups -OCH3 is 1. The molecule has 1 amide bonds. The first-order valence-electron chi connectivity index (χ1n) is 37.2. The summed E-state index contributed by atoms with van der Waals surface area (Å²) in [4.78, 5) is 56.8. The molecule has 17 unspecified atom stereocenters. The number of esters is 1. The van der Waals surface area contributed by atoms with Gasteiger partial charge in [-0.3, -0.25) is 9.59 Å². The Bertz CT molecular complexity index is 3060. The second-order valence-corrected chi connectivity index (χ2v) is 32.9. The van der Waals surface area contributed by atoms with Gasteiger partial charge in [0, 0.05) is 13.5 Å². The Labute approximate surface area is 618 Å². The topological polar surface area (TPSA) is 542 Å². The number of aldehydes is 1. The molecule has 6 aliphatic heterocycles. The predicted molar refractivity (Wildman–Crippen MR) is 355 cm³/mol. The van der Waals surface area contributed by atoms with E-state index < -0.39 is 280 Å². The fourth-order valence-corrected chi connectivity index (χ4v) is 19.7. The van der Waals surface area contributed by atoms with Crippen molar-refractivity contribution in [1.82, 2.24) is 5.32 Å². The number of fused-ring (bicyclic) bond motifs is 7. The minimum atomic E-state index is -2.05. The van der Waals surface area contributed by atoms with E-state index in [1.54, 1.807) is 6.92 Å². The Morgan fingerprint density at radius 2 is 1.19 bits per heavy atom. The lowest BCUT2D eigenvalue weighted by Gasteiger charge is -2.71. The lowest BCUT2D eigenvalue weighted by molar-refractivity contribution is -0.379. The summed E-state index contributed by atoms with van der Waals surface area (Å²) < 4.78 is 89.2. The van der Waals surface area contributed by atoms with Crippen molar-refractivity contribution in [2.75, 3.05) is 66.6 Å². The minimum Gasteiger partial charge on any atom is -0.479 e. The van der Waals surface area contributed by atoms with Gasteiger partial charge >= 0.3 is 11.9 Å². The molecule has 6 saturated heterocycles. The van der Waals surface area contributed by atoms with Crippen molar-refractivity contribution in [2.24, 2.45) is 50.2 Å². The number of carboxylic acids is 1. The van der Waals surface area contributed by atoms with Gasteiger partial charge in [-0.2, -0.15) is 0 Å². The van der Waals surface area contributed by atoms with Gasteiger partial charge in [-0.25, -0.2) is 4.79 Å². The highest BCUT2D eigenvalue weighted by Gasteiger charge is 2.73. The van der Waals surface area contributed by atoms with Gasteiger partial charge in [0.15, 0.2) is 43.7 Å². The average Bonchev–Trinajstić information content (AvgIpc) is 0.664. The van der Waals surface area contributed by atoms with E-state index in [1.165, 1.54) is 14.0 Å². The van der Waals surface area contributed by atoms with Crippen LogP contribution < -0.4 is 5.32 Å². The number of aliphatic hydroxyl groups is 15. The summed E-state index contributed by atoms with van der Waals surface area (Å²) in [6.07, 6.45) is -42.6. The maximum Gasteiger partial charge on any atom is 0.333 e. The van der Waals surface area contributed by atoms with Gasteiger partial charge in [-0.1, -0.05) is 53.2 Å². The SMILES string of the molecule is COCCOCCOCC(=O)N[C@H]1C(CO)O[C@@H](OC(=O)[C@]23CCC(C)(C)CC2C2=CCC4C5(C)CC[C@H](O[C@@H]6OC(C(=O)O)C[C@H](O[C@@H]7OC[C@H](O)[C@H](O)C7O)C6O[C@@H]6OC(CO)[C@H](O)[C@H](O)C6O)[C@](C)(C=O)[C@@H]5CC[C@]4(C)[C@]2(C)CC3O)C(O[C@@H]2OC(C)[C@H](O[C@@H]3OC[C@H](O)C(O)C3O)C(O)C2O)C1O. The monoisotopic (exact) mass is 1540 g/mol. The van der Waals surface area contributed by atoms with Crippen LogP contribution in [0.25, 0.3) is 0 Å². The molecule has 0 aromatic rings. The summed E-state index contributed by atoms with van der Waals surface area (Å²) >= 11 is 0. The van der Waals surface area contributed by atoms with E-state index in [1.807, 2.05) is 0 Å². The first-order valence-corrected chi connectivity index (χ1v) is 37.2. The maximum atomic E-state index is 16.0. The van der Waals surface area contributed by atoms with Crippen LogP contribution in [0.5, 0.6) is 0 Å². The smallest absolute Gasteiger partial charge is 0.333 e. The van der Waals surface area contributed by atoms with Gasteiger partial charge in [-0.05, 0) is 104 Å². The summed E-state index contributed by atoms with van der Waals surface area (Å²) in [6.45, 7) is 11.1. The molecule has 4 saturated carbocycles. The van der Waals surface area contributed by atoms with Gasteiger partial charge in [0.2, 0.25) is 12.2 Å². The molecule has 11 rings (SSSR count). The van der Waals surface area contributed by atoms with E-state index in [-0.39, 0.29) is 45.0 Å². The molecule has 107 heavy (non-hydrogen) atoms. The summed E-state index contributed by atoms with van der Waals surface area (Å²) in [6, 6.07) is -1.54. The number of rotatable bonds is 25. The Balaban J connectivity index is 0.864. The van der Waals surface area contributed by atoms with Gasteiger partial charge in [0.25, 0.3) is 0 Å². The van der Waals surface area contributed by atoms with Gasteiger partial charge in [-0.15, -0.1) is 0 Å². The molecule has 36 nitrogen and oxygen atoms in total. The minimum absolute atomic E-state index is 0.0172. The van der Waals surface area contributed by atoms with Crippen LogP contribution in [0, 0.1) is 50.2 Å². The lowest BCUT2D eigenvalue weighted by atomic mass is 9.33. The Morgan fingerprint density at radius 1 is 0.589 bits per heavy atom. The van der Waals surface area contributed by atoms with E-state index in [2.05, 4.69) is 46.0 Å². The van der Waals surface area contributed by atoms with Crippen LogP contribution in [0.15, 0.2) is 11.6 Å². The average molecular weight is 1540 g/mol. The molecular formula is C71H113NO35. The lowest BCUT2D eigenvalue weighted by Crippen LogP contribution is -2.70. The highest BCUT2D eigenvalue weighted by molar-refractivity contribution is 5.80. The zero-order valence-electron chi connectivity index (χ0n) is 61.5. The van der Waals surface area contributed by atoms with Crippen molar-refractivity contribution in [3.05, 3.63) is 11.6 Å².